The highest BCUT2D eigenvalue weighted by Crippen LogP contribution is 2.42. The first-order valence-electron chi connectivity index (χ1n) is 7.20. The SMILES string of the molecule is C#Cc1ccc(C(CC)(CC)c2cc(C)cs2)cc1C. The van der Waals surface area contributed by atoms with Gasteiger partial charge in [0.15, 0.2) is 0 Å². The molecule has 0 fully saturated rings. The number of rotatable bonds is 4. The van der Waals surface area contributed by atoms with Crippen LogP contribution in [0, 0.1) is 26.2 Å². The minimum absolute atomic E-state index is 0.122. The van der Waals surface area contributed by atoms with Crippen LogP contribution in [0.3, 0.4) is 0 Å². The molecule has 1 aromatic heterocycles. The second-order valence-electron chi connectivity index (χ2n) is 5.45. The van der Waals surface area contributed by atoms with Gasteiger partial charge >= 0.3 is 0 Å². The number of hydrogen-bond donors (Lipinski definition) is 0. The van der Waals surface area contributed by atoms with Crippen LogP contribution in [0.25, 0.3) is 0 Å². The van der Waals surface area contributed by atoms with Gasteiger partial charge in [0.2, 0.25) is 0 Å². The van der Waals surface area contributed by atoms with E-state index in [1.54, 1.807) is 0 Å². The van der Waals surface area contributed by atoms with Gasteiger partial charge in [-0.15, -0.1) is 17.8 Å². The molecule has 0 aliphatic heterocycles. The Labute approximate surface area is 126 Å². The molecule has 2 rings (SSSR count). The molecule has 0 atom stereocenters. The van der Waals surface area contributed by atoms with Crippen LogP contribution in [0.2, 0.25) is 0 Å². The molecular formula is C19H22S. The molecule has 0 saturated carbocycles. The number of terminal acetylenes is 1. The van der Waals surface area contributed by atoms with E-state index in [2.05, 4.69) is 63.3 Å². The van der Waals surface area contributed by atoms with Crippen LogP contribution in [0.1, 0.15) is 53.8 Å². The molecule has 0 aliphatic carbocycles. The molecular weight excluding hydrogens is 260 g/mol. The number of benzene rings is 1. The molecule has 0 N–H and O–H groups in total. The lowest BCUT2D eigenvalue weighted by atomic mass is 9.74. The lowest BCUT2D eigenvalue weighted by molar-refractivity contribution is 0.487. The van der Waals surface area contributed by atoms with E-state index in [9.17, 15) is 0 Å². The molecule has 0 spiro atoms. The van der Waals surface area contributed by atoms with E-state index in [1.807, 2.05) is 11.3 Å². The average Bonchev–Trinajstić information content (AvgIpc) is 2.88. The molecule has 0 bridgehead atoms. The number of hydrogen-bond acceptors (Lipinski definition) is 1. The largest absolute Gasteiger partial charge is 0.148 e. The van der Waals surface area contributed by atoms with Gasteiger partial charge in [-0.2, -0.15) is 0 Å². The summed E-state index contributed by atoms with van der Waals surface area (Å²) in [6.45, 7) is 8.84. The Morgan fingerprint density at radius 3 is 2.30 bits per heavy atom. The van der Waals surface area contributed by atoms with Crippen molar-refractivity contribution in [1.29, 1.82) is 0 Å². The zero-order chi connectivity index (χ0) is 14.8. The number of thiophene rings is 1. The third-order valence-corrected chi connectivity index (χ3v) is 5.60. The van der Waals surface area contributed by atoms with Crippen molar-refractivity contribution in [3.63, 3.8) is 0 Å². The average molecular weight is 282 g/mol. The summed E-state index contributed by atoms with van der Waals surface area (Å²) in [5, 5.41) is 2.25. The molecule has 0 unspecified atom stereocenters. The van der Waals surface area contributed by atoms with Crippen LogP contribution in [-0.2, 0) is 5.41 Å². The van der Waals surface area contributed by atoms with Crippen LogP contribution < -0.4 is 0 Å². The predicted octanol–water partition coefficient (Wildman–Crippen LogP) is 5.45. The Kier molecular flexibility index (Phi) is 4.35. The zero-order valence-corrected chi connectivity index (χ0v) is 13.6. The predicted molar refractivity (Wildman–Crippen MR) is 89.5 cm³/mol. The fraction of sp³-hybridized carbons (Fsp3) is 0.368. The Balaban J connectivity index is 2.59. The van der Waals surface area contributed by atoms with Crippen LogP contribution >= 0.6 is 11.3 Å². The standard InChI is InChI=1S/C19H22S/c1-6-16-9-10-17(12-15(16)5)19(7-2,8-3)18-11-14(4)13-20-18/h1,9-13H,7-8H2,2-5H3. The van der Waals surface area contributed by atoms with E-state index in [0.717, 1.165) is 18.4 Å². The summed E-state index contributed by atoms with van der Waals surface area (Å²) in [7, 11) is 0. The van der Waals surface area contributed by atoms with E-state index in [0.29, 0.717) is 0 Å². The molecule has 1 heterocycles. The normalized spacial score (nSPS) is 11.3. The van der Waals surface area contributed by atoms with Crippen LogP contribution in [0.5, 0.6) is 0 Å². The summed E-state index contributed by atoms with van der Waals surface area (Å²) in [5.74, 6) is 2.76. The molecule has 0 aliphatic rings. The van der Waals surface area contributed by atoms with Crippen molar-refractivity contribution in [3.05, 3.63) is 56.8 Å². The maximum Gasteiger partial charge on any atom is 0.0291 e. The van der Waals surface area contributed by atoms with Crippen LogP contribution in [-0.4, -0.2) is 0 Å². The van der Waals surface area contributed by atoms with Gasteiger partial charge in [0.05, 0.1) is 0 Å². The summed E-state index contributed by atoms with van der Waals surface area (Å²) >= 11 is 1.88. The summed E-state index contributed by atoms with van der Waals surface area (Å²) in [5.41, 5.74) is 5.06. The molecule has 104 valence electrons. The minimum atomic E-state index is 0.122. The minimum Gasteiger partial charge on any atom is -0.148 e. The number of aryl methyl sites for hydroxylation is 2. The smallest absolute Gasteiger partial charge is 0.0291 e. The van der Waals surface area contributed by atoms with Crippen LogP contribution in [0.4, 0.5) is 0 Å². The topological polar surface area (TPSA) is 0 Å². The van der Waals surface area contributed by atoms with Crippen molar-refractivity contribution in [2.75, 3.05) is 0 Å². The Bertz CT molecular complexity index is 636. The lowest BCUT2D eigenvalue weighted by Gasteiger charge is -2.32. The molecule has 2 aromatic rings. The second-order valence-corrected chi connectivity index (χ2v) is 6.36. The van der Waals surface area contributed by atoms with E-state index >= 15 is 0 Å². The third-order valence-electron chi connectivity index (χ3n) is 4.34. The van der Waals surface area contributed by atoms with Gasteiger partial charge in [-0.1, -0.05) is 31.9 Å². The van der Waals surface area contributed by atoms with Gasteiger partial charge in [0.25, 0.3) is 0 Å². The van der Waals surface area contributed by atoms with Crippen molar-refractivity contribution < 1.29 is 0 Å². The molecule has 0 radical (unpaired) electrons. The molecule has 0 saturated heterocycles. The van der Waals surface area contributed by atoms with Crippen molar-refractivity contribution >= 4 is 11.3 Å². The second kappa shape index (κ2) is 5.85. The maximum absolute atomic E-state index is 5.54. The summed E-state index contributed by atoms with van der Waals surface area (Å²) in [4.78, 5) is 1.47. The molecule has 0 amide bonds. The van der Waals surface area contributed by atoms with Crippen LogP contribution in [0.15, 0.2) is 29.6 Å². The molecule has 20 heavy (non-hydrogen) atoms. The van der Waals surface area contributed by atoms with Crippen molar-refractivity contribution in [2.24, 2.45) is 0 Å². The van der Waals surface area contributed by atoms with Gasteiger partial charge in [-0.25, -0.2) is 0 Å². The van der Waals surface area contributed by atoms with Crippen molar-refractivity contribution in [3.8, 4) is 12.3 Å². The maximum atomic E-state index is 5.54. The van der Waals surface area contributed by atoms with Crippen molar-refractivity contribution in [2.45, 2.75) is 46.0 Å². The van der Waals surface area contributed by atoms with E-state index in [-0.39, 0.29) is 5.41 Å². The summed E-state index contributed by atoms with van der Waals surface area (Å²) in [6, 6.07) is 8.91. The van der Waals surface area contributed by atoms with E-state index in [4.69, 9.17) is 6.42 Å². The quantitative estimate of drug-likeness (QED) is 0.654. The molecule has 1 aromatic carbocycles. The van der Waals surface area contributed by atoms with E-state index in [1.165, 1.54) is 21.6 Å². The highest BCUT2D eigenvalue weighted by Gasteiger charge is 2.32. The first kappa shape index (κ1) is 14.9. The Morgan fingerprint density at radius 1 is 1.15 bits per heavy atom. The van der Waals surface area contributed by atoms with Gasteiger partial charge in [0.1, 0.15) is 0 Å². The zero-order valence-electron chi connectivity index (χ0n) is 12.8. The monoisotopic (exact) mass is 282 g/mol. The first-order valence-corrected chi connectivity index (χ1v) is 8.08. The summed E-state index contributed by atoms with van der Waals surface area (Å²) in [6.07, 6.45) is 7.76. The first-order chi connectivity index (χ1) is 9.57. The highest BCUT2D eigenvalue weighted by molar-refractivity contribution is 7.10. The molecule has 1 heteroatoms. The van der Waals surface area contributed by atoms with Gasteiger partial charge in [0, 0.05) is 15.9 Å². The van der Waals surface area contributed by atoms with Gasteiger partial charge < -0.3 is 0 Å². The summed E-state index contributed by atoms with van der Waals surface area (Å²) < 4.78 is 0. The third kappa shape index (κ3) is 2.41. The van der Waals surface area contributed by atoms with Gasteiger partial charge in [-0.05, 0) is 60.9 Å². The Hall–Kier alpha value is -1.52. The Morgan fingerprint density at radius 2 is 1.85 bits per heavy atom. The lowest BCUT2D eigenvalue weighted by Crippen LogP contribution is -2.25. The van der Waals surface area contributed by atoms with Crippen molar-refractivity contribution in [1.82, 2.24) is 0 Å². The molecule has 0 nitrogen and oxygen atoms in total. The fourth-order valence-electron chi connectivity index (χ4n) is 2.95. The van der Waals surface area contributed by atoms with E-state index < -0.39 is 0 Å². The highest BCUT2D eigenvalue weighted by atomic mass is 32.1. The fourth-order valence-corrected chi connectivity index (χ4v) is 4.22. The van der Waals surface area contributed by atoms with Gasteiger partial charge in [-0.3, -0.25) is 0 Å².